The molecule has 38 heavy (non-hydrogen) atoms. The van der Waals surface area contributed by atoms with Gasteiger partial charge in [0.25, 0.3) is 5.91 Å². The molecule has 0 aromatic heterocycles. The van der Waals surface area contributed by atoms with Crippen LogP contribution in [0.25, 0.3) is 0 Å². The molecule has 204 valence electrons. The third kappa shape index (κ3) is 8.31. The first-order valence-electron chi connectivity index (χ1n) is 13.6. The molecule has 1 aliphatic carbocycles. The van der Waals surface area contributed by atoms with Crippen LogP contribution in [0, 0.1) is 11.8 Å². The molecule has 2 aromatic carbocycles. The average molecular weight is 524 g/mol. The highest BCUT2D eigenvalue weighted by Gasteiger charge is 2.27. The van der Waals surface area contributed by atoms with E-state index in [0.717, 1.165) is 44.6 Å². The van der Waals surface area contributed by atoms with Crippen LogP contribution in [0.4, 0.5) is 0 Å². The molecule has 2 fully saturated rings. The smallest absolute Gasteiger partial charge is 0.306 e. The Bertz CT molecular complexity index is 1050. The molecule has 2 N–H and O–H groups in total. The standard InChI is InChI=1S/C30H37NO7/c32-28(22-3-11-26(12-4-22)38-27-13-7-24(8-14-27)30(34)35)2-1-17-31-29(33)23-5-9-25(10-6-23)37-20-21-15-18-36-19-16-21/h3-6,9-12,21,24,27H,1-2,7-8,13-20H2,(H,31,33)(H,34,35). The minimum atomic E-state index is -0.730. The summed E-state index contributed by atoms with van der Waals surface area (Å²) in [7, 11) is 0. The predicted octanol–water partition coefficient (Wildman–Crippen LogP) is 4.91. The molecular weight excluding hydrogens is 486 g/mol. The first-order chi connectivity index (χ1) is 18.5. The number of nitrogens with one attached hydrogen (secondary N) is 1. The zero-order valence-electron chi connectivity index (χ0n) is 21.7. The maximum Gasteiger partial charge on any atom is 0.306 e. The van der Waals surface area contributed by atoms with Gasteiger partial charge in [0.15, 0.2) is 5.78 Å². The second-order valence-corrected chi connectivity index (χ2v) is 10.1. The van der Waals surface area contributed by atoms with Crippen LogP contribution in [0.1, 0.15) is 72.1 Å². The van der Waals surface area contributed by atoms with E-state index in [-0.39, 0.29) is 23.7 Å². The van der Waals surface area contributed by atoms with Gasteiger partial charge in [-0.2, -0.15) is 0 Å². The van der Waals surface area contributed by atoms with Gasteiger partial charge in [0.1, 0.15) is 11.5 Å². The quantitative estimate of drug-likeness (QED) is 0.300. The Balaban J connectivity index is 1.12. The highest BCUT2D eigenvalue weighted by atomic mass is 16.5. The number of aliphatic carboxylic acids is 1. The van der Waals surface area contributed by atoms with Crippen LogP contribution in [0.15, 0.2) is 48.5 Å². The molecule has 0 radical (unpaired) electrons. The van der Waals surface area contributed by atoms with Gasteiger partial charge in [-0.05, 0) is 99.4 Å². The highest BCUT2D eigenvalue weighted by molar-refractivity contribution is 5.96. The van der Waals surface area contributed by atoms with Crippen LogP contribution in [0.5, 0.6) is 11.5 Å². The molecule has 1 saturated carbocycles. The van der Waals surface area contributed by atoms with Crippen LogP contribution in [-0.4, -0.2) is 55.2 Å². The van der Waals surface area contributed by atoms with Crippen molar-refractivity contribution in [1.29, 1.82) is 0 Å². The first kappa shape index (κ1) is 27.6. The number of carbonyl (C=O) groups is 3. The molecule has 2 aromatic rings. The molecule has 0 bridgehead atoms. The maximum atomic E-state index is 12.5. The second kappa shape index (κ2) is 14.0. The number of hydrogen-bond donors (Lipinski definition) is 2. The van der Waals surface area contributed by atoms with Gasteiger partial charge >= 0.3 is 5.97 Å². The van der Waals surface area contributed by atoms with E-state index in [1.165, 1.54) is 0 Å². The fourth-order valence-corrected chi connectivity index (χ4v) is 4.87. The molecule has 1 saturated heterocycles. The lowest BCUT2D eigenvalue weighted by Crippen LogP contribution is -2.27. The van der Waals surface area contributed by atoms with Crippen molar-refractivity contribution >= 4 is 17.7 Å². The molecule has 1 aliphatic heterocycles. The van der Waals surface area contributed by atoms with Gasteiger partial charge in [0.05, 0.1) is 18.6 Å². The number of amides is 1. The number of rotatable bonds is 12. The average Bonchev–Trinajstić information content (AvgIpc) is 2.95. The zero-order chi connectivity index (χ0) is 26.7. The Labute approximate surface area is 223 Å². The predicted molar refractivity (Wildman–Crippen MR) is 142 cm³/mol. The number of carbonyl (C=O) groups excluding carboxylic acids is 2. The van der Waals surface area contributed by atoms with Crippen LogP contribution in [-0.2, 0) is 9.53 Å². The third-order valence-corrected chi connectivity index (χ3v) is 7.31. The molecular formula is C30H37NO7. The largest absolute Gasteiger partial charge is 0.493 e. The van der Waals surface area contributed by atoms with E-state index in [1.807, 2.05) is 12.1 Å². The Morgan fingerprint density at radius 2 is 1.47 bits per heavy atom. The molecule has 8 heteroatoms. The zero-order valence-corrected chi connectivity index (χ0v) is 21.7. The molecule has 0 atom stereocenters. The Morgan fingerprint density at radius 3 is 2.13 bits per heavy atom. The van der Waals surface area contributed by atoms with Crippen molar-refractivity contribution in [1.82, 2.24) is 5.32 Å². The van der Waals surface area contributed by atoms with Gasteiger partial charge in [-0.15, -0.1) is 0 Å². The molecule has 0 spiro atoms. The number of carboxylic acid groups (broad SMARTS) is 1. The second-order valence-electron chi connectivity index (χ2n) is 10.1. The number of hydrogen-bond acceptors (Lipinski definition) is 6. The molecule has 1 amide bonds. The molecule has 0 unspecified atom stereocenters. The lowest BCUT2D eigenvalue weighted by Gasteiger charge is -2.26. The SMILES string of the molecule is O=C(CCCNC(=O)c1ccc(OCC2CCOCC2)cc1)c1ccc(OC2CCC(C(=O)O)CC2)cc1. The van der Waals surface area contributed by atoms with E-state index in [9.17, 15) is 14.4 Å². The van der Waals surface area contributed by atoms with Gasteiger partial charge in [0.2, 0.25) is 0 Å². The van der Waals surface area contributed by atoms with Gasteiger partial charge < -0.3 is 24.6 Å². The lowest BCUT2D eigenvalue weighted by atomic mass is 9.87. The summed E-state index contributed by atoms with van der Waals surface area (Å²) < 4.78 is 17.2. The summed E-state index contributed by atoms with van der Waals surface area (Å²) in [4.78, 5) is 36.1. The highest BCUT2D eigenvalue weighted by Crippen LogP contribution is 2.28. The van der Waals surface area contributed by atoms with Crippen LogP contribution >= 0.6 is 0 Å². The Morgan fingerprint density at radius 1 is 0.842 bits per heavy atom. The topological polar surface area (TPSA) is 111 Å². The van der Waals surface area contributed by atoms with Crippen molar-refractivity contribution in [3.63, 3.8) is 0 Å². The minimum absolute atomic E-state index is 0.0107. The number of benzene rings is 2. The number of carboxylic acids is 1. The molecule has 8 nitrogen and oxygen atoms in total. The summed E-state index contributed by atoms with van der Waals surface area (Å²) in [6, 6.07) is 14.2. The fraction of sp³-hybridized carbons (Fsp3) is 0.500. The van der Waals surface area contributed by atoms with Crippen molar-refractivity contribution in [2.45, 2.75) is 57.5 Å². The number of ketones is 1. The summed E-state index contributed by atoms with van der Waals surface area (Å²) in [5, 5.41) is 12.0. The van der Waals surface area contributed by atoms with Gasteiger partial charge in [0, 0.05) is 37.3 Å². The normalized spacial score (nSPS) is 19.9. The van der Waals surface area contributed by atoms with Crippen LogP contribution in [0.2, 0.25) is 0 Å². The molecule has 2 aliphatic rings. The number of Topliss-reactive ketones (excluding diaryl/α,β-unsaturated/α-hetero) is 1. The summed E-state index contributed by atoms with van der Waals surface area (Å²) >= 11 is 0. The first-order valence-corrected chi connectivity index (χ1v) is 13.6. The van der Waals surface area contributed by atoms with E-state index >= 15 is 0 Å². The van der Waals surface area contributed by atoms with Crippen LogP contribution < -0.4 is 14.8 Å². The van der Waals surface area contributed by atoms with Crippen molar-refractivity contribution in [3.05, 3.63) is 59.7 Å². The summed E-state index contributed by atoms with van der Waals surface area (Å²) in [5.74, 6) is 0.788. The maximum absolute atomic E-state index is 12.5. The van der Waals surface area contributed by atoms with E-state index in [1.54, 1.807) is 36.4 Å². The Kier molecular flexibility index (Phi) is 10.1. The van der Waals surface area contributed by atoms with Crippen molar-refractivity contribution in [2.75, 3.05) is 26.4 Å². The Hall–Kier alpha value is -3.39. The van der Waals surface area contributed by atoms with E-state index in [2.05, 4.69) is 5.32 Å². The van der Waals surface area contributed by atoms with Gasteiger partial charge in [-0.1, -0.05) is 0 Å². The van der Waals surface area contributed by atoms with E-state index < -0.39 is 5.97 Å². The number of ether oxygens (including phenoxy) is 3. The lowest BCUT2D eigenvalue weighted by molar-refractivity contribution is -0.143. The van der Waals surface area contributed by atoms with Crippen molar-refractivity contribution in [2.24, 2.45) is 11.8 Å². The van der Waals surface area contributed by atoms with E-state index in [4.69, 9.17) is 19.3 Å². The molecule has 1 heterocycles. The molecule has 4 rings (SSSR count). The van der Waals surface area contributed by atoms with Crippen molar-refractivity contribution < 1.29 is 33.7 Å². The summed E-state index contributed by atoms with van der Waals surface area (Å²) in [5.41, 5.74) is 1.16. The monoisotopic (exact) mass is 523 g/mol. The summed E-state index contributed by atoms with van der Waals surface area (Å²) in [6.07, 6.45) is 5.61. The van der Waals surface area contributed by atoms with Crippen molar-refractivity contribution in [3.8, 4) is 11.5 Å². The fourth-order valence-electron chi connectivity index (χ4n) is 4.87. The van der Waals surface area contributed by atoms with Crippen LogP contribution in [0.3, 0.4) is 0 Å². The van der Waals surface area contributed by atoms with Gasteiger partial charge in [-0.3, -0.25) is 14.4 Å². The summed E-state index contributed by atoms with van der Waals surface area (Å²) in [6.45, 7) is 2.65. The minimum Gasteiger partial charge on any atom is -0.493 e. The van der Waals surface area contributed by atoms with E-state index in [0.29, 0.717) is 61.6 Å². The van der Waals surface area contributed by atoms with Gasteiger partial charge in [-0.25, -0.2) is 0 Å². The third-order valence-electron chi connectivity index (χ3n) is 7.31.